The van der Waals surface area contributed by atoms with Gasteiger partial charge >= 0.3 is 5.97 Å². The van der Waals surface area contributed by atoms with Crippen molar-refractivity contribution in [2.75, 3.05) is 5.32 Å². The van der Waals surface area contributed by atoms with Gasteiger partial charge in [-0.05, 0) is 33.6 Å². The number of carbonyl (C=O) groups is 2. The predicted molar refractivity (Wildman–Crippen MR) is 123 cm³/mol. The first kappa shape index (κ1) is 23.5. The maximum absolute atomic E-state index is 12.8. The second kappa shape index (κ2) is 10.9. The van der Waals surface area contributed by atoms with Crippen molar-refractivity contribution in [3.05, 3.63) is 52.6 Å². The highest BCUT2D eigenvalue weighted by molar-refractivity contribution is 7.14. The van der Waals surface area contributed by atoms with E-state index in [9.17, 15) is 9.59 Å². The topological polar surface area (TPSA) is 111 Å². The van der Waals surface area contributed by atoms with Gasteiger partial charge in [0.25, 0.3) is 5.91 Å². The SMILES string of the molecule is CC(C)Oc1cc(C(=O)Nc2nc(CC(=O)O)cs2)cc(OC(C)CC2=CC=CCC2)n1. The van der Waals surface area contributed by atoms with E-state index in [-0.39, 0.29) is 18.6 Å². The van der Waals surface area contributed by atoms with Crippen molar-refractivity contribution in [1.29, 1.82) is 0 Å². The van der Waals surface area contributed by atoms with Crippen LogP contribution in [0.5, 0.6) is 11.8 Å². The number of hydrogen-bond acceptors (Lipinski definition) is 7. The van der Waals surface area contributed by atoms with E-state index in [1.165, 1.54) is 16.9 Å². The van der Waals surface area contributed by atoms with Gasteiger partial charge in [0.05, 0.1) is 23.8 Å². The minimum atomic E-state index is -0.978. The van der Waals surface area contributed by atoms with Crippen molar-refractivity contribution in [2.45, 2.75) is 58.7 Å². The zero-order valence-corrected chi connectivity index (χ0v) is 19.1. The number of carboxylic acid groups (broad SMARTS) is 1. The Kier molecular flexibility index (Phi) is 7.99. The molecule has 3 rings (SSSR count). The zero-order valence-electron chi connectivity index (χ0n) is 18.3. The molecule has 0 spiro atoms. The van der Waals surface area contributed by atoms with Crippen LogP contribution >= 0.6 is 11.3 Å². The van der Waals surface area contributed by atoms with Crippen LogP contribution in [0.4, 0.5) is 5.13 Å². The largest absolute Gasteiger partial charge is 0.481 e. The first-order chi connectivity index (χ1) is 15.3. The Morgan fingerprint density at radius 1 is 1.19 bits per heavy atom. The van der Waals surface area contributed by atoms with Crippen molar-refractivity contribution in [2.24, 2.45) is 0 Å². The van der Waals surface area contributed by atoms with Gasteiger partial charge in [0.2, 0.25) is 11.8 Å². The summed E-state index contributed by atoms with van der Waals surface area (Å²) in [6.07, 6.45) is 8.69. The molecule has 1 unspecified atom stereocenters. The lowest BCUT2D eigenvalue weighted by Crippen LogP contribution is -2.17. The molecule has 170 valence electrons. The Balaban J connectivity index is 1.74. The third kappa shape index (κ3) is 7.19. The van der Waals surface area contributed by atoms with E-state index < -0.39 is 11.9 Å². The number of aromatic nitrogens is 2. The fourth-order valence-electron chi connectivity index (χ4n) is 3.18. The van der Waals surface area contributed by atoms with E-state index in [2.05, 4.69) is 33.5 Å². The molecule has 0 saturated heterocycles. The molecule has 1 aliphatic carbocycles. The van der Waals surface area contributed by atoms with Crippen LogP contribution in [-0.2, 0) is 11.2 Å². The van der Waals surface area contributed by atoms with E-state index in [1.807, 2.05) is 20.8 Å². The molecule has 0 fully saturated rings. The molecule has 2 aromatic heterocycles. The summed E-state index contributed by atoms with van der Waals surface area (Å²) in [7, 11) is 0. The molecule has 1 atom stereocenters. The first-order valence-electron chi connectivity index (χ1n) is 10.5. The lowest BCUT2D eigenvalue weighted by molar-refractivity contribution is -0.136. The molecule has 2 aromatic rings. The lowest BCUT2D eigenvalue weighted by atomic mass is 10.00. The number of rotatable bonds is 10. The molecule has 2 N–H and O–H groups in total. The molecule has 0 saturated carbocycles. The minimum Gasteiger partial charge on any atom is -0.481 e. The van der Waals surface area contributed by atoms with Crippen LogP contribution in [0.1, 0.15) is 56.1 Å². The van der Waals surface area contributed by atoms with E-state index >= 15 is 0 Å². The quantitative estimate of drug-likeness (QED) is 0.535. The monoisotopic (exact) mass is 457 g/mol. The molecule has 0 aliphatic heterocycles. The molecule has 0 bridgehead atoms. The van der Waals surface area contributed by atoms with Gasteiger partial charge in [-0.1, -0.05) is 23.8 Å². The highest BCUT2D eigenvalue weighted by Crippen LogP contribution is 2.24. The number of allylic oxidation sites excluding steroid dienone is 3. The van der Waals surface area contributed by atoms with Crippen molar-refractivity contribution >= 4 is 28.3 Å². The Morgan fingerprint density at radius 3 is 2.59 bits per heavy atom. The lowest BCUT2D eigenvalue weighted by Gasteiger charge is -2.18. The highest BCUT2D eigenvalue weighted by atomic mass is 32.1. The summed E-state index contributed by atoms with van der Waals surface area (Å²) in [5.41, 5.74) is 2.02. The van der Waals surface area contributed by atoms with Crippen LogP contribution in [0.15, 0.2) is 41.3 Å². The van der Waals surface area contributed by atoms with Crippen LogP contribution in [0.25, 0.3) is 0 Å². The standard InChI is InChI=1S/C23H27N3O5S/c1-14(2)30-19-10-17(22(29)26-23-24-18(13-32-23)12-21(27)28)11-20(25-19)31-15(3)9-16-7-5-4-6-8-16/h4-5,7,10-11,13-15H,6,8-9,12H2,1-3H3,(H,27,28)(H,24,26,29). The second-order valence-corrected chi connectivity index (χ2v) is 8.65. The number of aliphatic carboxylic acids is 1. The van der Waals surface area contributed by atoms with E-state index in [4.69, 9.17) is 14.6 Å². The molecule has 1 amide bonds. The number of carbonyl (C=O) groups excluding carboxylic acids is 1. The Hall–Kier alpha value is -3.20. The zero-order chi connectivity index (χ0) is 23.1. The maximum Gasteiger partial charge on any atom is 0.309 e. The average Bonchev–Trinajstić information content (AvgIpc) is 3.13. The van der Waals surface area contributed by atoms with Crippen molar-refractivity contribution in [3.63, 3.8) is 0 Å². The summed E-state index contributed by atoms with van der Waals surface area (Å²) in [4.78, 5) is 32.2. The Labute approximate surface area is 191 Å². The fraction of sp³-hybridized carbons (Fsp3) is 0.391. The van der Waals surface area contributed by atoms with Gasteiger partial charge in [-0.3, -0.25) is 14.9 Å². The van der Waals surface area contributed by atoms with E-state index in [0.717, 1.165) is 19.3 Å². The molecule has 1 aliphatic rings. The fourth-order valence-corrected chi connectivity index (χ4v) is 3.89. The van der Waals surface area contributed by atoms with E-state index in [1.54, 1.807) is 17.5 Å². The number of ether oxygens (including phenoxy) is 2. The maximum atomic E-state index is 12.8. The number of anilines is 1. The Morgan fingerprint density at radius 2 is 1.94 bits per heavy atom. The van der Waals surface area contributed by atoms with Gasteiger partial charge in [0.15, 0.2) is 5.13 Å². The number of amides is 1. The van der Waals surface area contributed by atoms with Crippen LogP contribution in [-0.4, -0.2) is 39.2 Å². The summed E-state index contributed by atoms with van der Waals surface area (Å²) < 4.78 is 11.7. The van der Waals surface area contributed by atoms with Gasteiger partial charge in [0.1, 0.15) is 6.10 Å². The van der Waals surface area contributed by atoms with Crippen LogP contribution < -0.4 is 14.8 Å². The number of nitrogens with zero attached hydrogens (tertiary/aromatic N) is 2. The van der Waals surface area contributed by atoms with Crippen LogP contribution in [0.2, 0.25) is 0 Å². The van der Waals surface area contributed by atoms with Crippen molar-refractivity contribution < 1.29 is 24.2 Å². The molecular weight excluding hydrogens is 430 g/mol. The summed E-state index contributed by atoms with van der Waals surface area (Å²) >= 11 is 1.17. The third-order valence-electron chi connectivity index (χ3n) is 4.47. The summed E-state index contributed by atoms with van der Waals surface area (Å²) in [5.74, 6) is -0.789. The number of nitrogens with one attached hydrogen (secondary N) is 1. The molecular formula is C23H27N3O5S. The van der Waals surface area contributed by atoms with Crippen LogP contribution in [0, 0.1) is 0 Å². The molecule has 8 nitrogen and oxygen atoms in total. The number of hydrogen-bond donors (Lipinski definition) is 2. The molecule has 32 heavy (non-hydrogen) atoms. The summed E-state index contributed by atoms with van der Waals surface area (Å²) in [6.45, 7) is 5.72. The van der Waals surface area contributed by atoms with Gasteiger partial charge in [0, 0.05) is 23.9 Å². The average molecular weight is 458 g/mol. The molecule has 2 heterocycles. The second-order valence-electron chi connectivity index (χ2n) is 7.79. The summed E-state index contributed by atoms with van der Waals surface area (Å²) in [5, 5.41) is 13.5. The number of thiazole rings is 1. The van der Waals surface area contributed by atoms with Gasteiger partial charge < -0.3 is 14.6 Å². The highest BCUT2D eigenvalue weighted by Gasteiger charge is 2.17. The summed E-state index contributed by atoms with van der Waals surface area (Å²) in [6, 6.07) is 3.12. The number of carboxylic acids is 1. The number of pyridine rings is 1. The Bertz CT molecular complexity index is 1030. The van der Waals surface area contributed by atoms with Crippen molar-refractivity contribution in [1.82, 2.24) is 9.97 Å². The van der Waals surface area contributed by atoms with E-state index in [0.29, 0.717) is 28.1 Å². The first-order valence-corrected chi connectivity index (χ1v) is 11.3. The van der Waals surface area contributed by atoms with Crippen molar-refractivity contribution in [3.8, 4) is 11.8 Å². The van der Waals surface area contributed by atoms with Gasteiger partial charge in [-0.2, -0.15) is 4.98 Å². The molecule has 0 radical (unpaired) electrons. The molecule has 9 heteroatoms. The minimum absolute atomic E-state index is 0.122. The molecule has 0 aromatic carbocycles. The van der Waals surface area contributed by atoms with Gasteiger partial charge in [-0.15, -0.1) is 11.3 Å². The van der Waals surface area contributed by atoms with Gasteiger partial charge in [-0.25, -0.2) is 4.98 Å². The third-order valence-corrected chi connectivity index (χ3v) is 5.28. The van der Waals surface area contributed by atoms with Crippen LogP contribution in [0.3, 0.4) is 0 Å². The smallest absolute Gasteiger partial charge is 0.309 e. The predicted octanol–water partition coefficient (Wildman–Crippen LogP) is 4.64. The normalized spacial score (nSPS) is 14.1.